The van der Waals surface area contributed by atoms with Crippen LogP contribution in [0.1, 0.15) is 54.7 Å². The lowest BCUT2D eigenvalue weighted by molar-refractivity contribution is -0.138. The van der Waals surface area contributed by atoms with Gasteiger partial charge < -0.3 is 10.4 Å². The van der Waals surface area contributed by atoms with Crippen molar-refractivity contribution in [3.05, 3.63) is 53.3 Å². The maximum Gasteiger partial charge on any atom is 0.305 e. The van der Waals surface area contributed by atoms with Gasteiger partial charge in [0.05, 0.1) is 30.3 Å². The molecule has 1 amide bonds. The molecule has 2 N–H and O–H groups in total. The van der Waals surface area contributed by atoms with Gasteiger partial charge in [-0.2, -0.15) is 5.10 Å². The number of amides is 1. The average molecular weight is 343 g/mol. The van der Waals surface area contributed by atoms with Gasteiger partial charge in [-0.1, -0.05) is 44.2 Å². The topological polar surface area (TPSA) is 84.2 Å². The number of rotatable bonds is 8. The third-order valence-electron chi connectivity index (χ3n) is 4.74. The van der Waals surface area contributed by atoms with E-state index in [4.69, 9.17) is 5.11 Å². The number of aliphatic carboxylic acids is 1. The number of hydrogen-bond acceptors (Lipinski definition) is 3. The first-order valence-electron chi connectivity index (χ1n) is 8.51. The van der Waals surface area contributed by atoms with Gasteiger partial charge in [-0.3, -0.25) is 14.3 Å². The predicted molar refractivity (Wildman–Crippen MR) is 95.5 cm³/mol. The highest BCUT2D eigenvalue weighted by molar-refractivity contribution is 5.95. The number of aromatic nitrogens is 2. The number of carbonyl (C=O) groups excluding carboxylic acids is 1. The van der Waals surface area contributed by atoms with Crippen molar-refractivity contribution in [1.29, 1.82) is 0 Å². The van der Waals surface area contributed by atoms with Crippen LogP contribution in [0.3, 0.4) is 0 Å². The first kappa shape index (κ1) is 18.7. The van der Waals surface area contributed by atoms with Gasteiger partial charge in [-0.25, -0.2) is 0 Å². The average Bonchev–Trinajstić information content (AvgIpc) is 2.95. The SMILES string of the molecule is CCC(CC)(CC(=O)O)NC(=O)c1cnn(Cc2ccccc2)c1C. The van der Waals surface area contributed by atoms with E-state index in [0.29, 0.717) is 24.9 Å². The molecule has 0 radical (unpaired) electrons. The molecular weight excluding hydrogens is 318 g/mol. The molecular formula is C19H25N3O3. The molecule has 0 saturated carbocycles. The minimum absolute atomic E-state index is 0.0943. The fourth-order valence-corrected chi connectivity index (χ4v) is 2.90. The first-order chi connectivity index (χ1) is 11.9. The molecule has 1 aromatic carbocycles. The molecule has 1 aromatic heterocycles. The Kier molecular flexibility index (Phi) is 5.96. The van der Waals surface area contributed by atoms with Crippen LogP contribution in [0.5, 0.6) is 0 Å². The molecule has 0 aliphatic rings. The van der Waals surface area contributed by atoms with Crippen LogP contribution in [-0.2, 0) is 11.3 Å². The standard InChI is InChI=1S/C19H25N3O3/c1-4-19(5-2,11-17(23)24)21-18(25)16-12-20-22(14(16)3)13-15-9-7-6-8-10-15/h6-10,12H,4-5,11,13H2,1-3H3,(H,21,25)(H,23,24). The van der Waals surface area contributed by atoms with Crippen molar-refractivity contribution in [3.63, 3.8) is 0 Å². The lowest BCUT2D eigenvalue weighted by atomic mass is 9.88. The van der Waals surface area contributed by atoms with Crippen LogP contribution >= 0.6 is 0 Å². The molecule has 134 valence electrons. The van der Waals surface area contributed by atoms with E-state index >= 15 is 0 Å². The highest BCUT2D eigenvalue weighted by Crippen LogP contribution is 2.21. The molecule has 0 spiro atoms. The highest BCUT2D eigenvalue weighted by atomic mass is 16.4. The normalized spacial score (nSPS) is 11.3. The lowest BCUT2D eigenvalue weighted by Gasteiger charge is -2.31. The Bertz CT molecular complexity index is 734. The second kappa shape index (κ2) is 7.96. The van der Waals surface area contributed by atoms with Crippen LogP contribution in [0.2, 0.25) is 0 Å². The largest absolute Gasteiger partial charge is 0.481 e. The van der Waals surface area contributed by atoms with Crippen LogP contribution in [0, 0.1) is 6.92 Å². The van der Waals surface area contributed by atoms with E-state index < -0.39 is 11.5 Å². The fraction of sp³-hybridized carbons (Fsp3) is 0.421. The molecule has 0 aliphatic heterocycles. The van der Waals surface area contributed by atoms with E-state index in [2.05, 4.69) is 10.4 Å². The van der Waals surface area contributed by atoms with Gasteiger partial charge in [0.2, 0.25) is 0 Å². The van der Waals surface area contributed by atoms with Crippen LogP contribution in [0.25, 0.3) is 0 Å². The van der Waals surface area contributed by atoms with E-state index in [1.165, 1.54) is 0 Å². The van der Waals surface area contributed by atoms with Gasteiger partial charge in [0.1, 0.15) is 0 Å². The molecule has 2 rings (SSSR count). The third kappa shape index (κ3) is 4.47. The second-order valence-corrected chi connectivity index (χ2v) is 6.30. The fourth-order valence-electron chi connectivity index (χ4n) is 2.90. The molecule has 25 heavy (non-hydrogen) atoms. The number of carboxylic acids is 1. The number of hydrogen-bond donors (Lipinski definition) is 2. The number of carboxylic acid groups (broad SMARTS) is 1. The summed E-state index contributed by atoms with van der Waals surface area (Å²) in [7, 11) is 0. The van der Waals surface area contributed by atoms with Crippen LogP contribution < -0.4 is 5.32 Å². The highest BCUT2D eigenvalue weighted by Gasteiger charge is 2.32. The molecule has 0 atom stereocenters. The molecule has 6 heteroatoms. The number of benzene rings is 1. The zero-order chi connectivity index (χ0) is 18.4. The molecule has 0 bridgehead atoms. The van der Waals surface area contributed by atoms with Crippen molar-refractivity contribution in [2.24, 2.45) is 0 Å². The summed E-state index contributed by atoms with van der Waals surface area (Å²) >= 11 is 0. The Hall–Kier alpha value is -2.63. The Labute approximate surface area is 147 Å². The summed E-state index contributed by atoms with van der Waals surface area (Å²) in [6.07, 6.45) is 2.56. The Morgan fingerprint density at radius 2 is 1.84 bits per heavy atom. The zero-order valence-electron chi connectivity index (χ0n) is 15.0. The Morgan fingerprint density at radius 1 is 1.20 bits per heavy atom. The molecule has 1 heterocycles. The number of nitrogens with one attached hydrogen (secondary N) is 1. The van der Waals surface area contributed by atoms with E-state index in [1.807, 2.05) is 51.1 Å². The van der Waals surface area contributed by atoms with Gasteiger partial charge in [0, 0.05) is 5.69 Å². The van der Waals surface area contributed by atoms with Gasteiger partial charge in [0.15, 0.2) is 0 Å². The molecule has 0 unspecified atom stereocenters. The van der Waals surface area contributed by atoms with Gasteiger partial charge in [-0.05, 0) is 25.3 Å². The number of carbonyl (C=O) groups is 2. The van der Waals surface area contributed by atoms with Crippen molar-refractivity contribution < 1.29 is 14.7 Å². The Morgan fingerprint density at radius 3 is 2.40 bits per heavy atom. The molecule has 2 aromatic rings. The van der Waals surface area contributed by atoms with E-state index in [9.17, 15) is 9.59 Å². The van der Waals surface area contributed by atoms with Gasteiger partial charge in [-0.15, -0.1) is 0 Å². The van der Waals surface area contributed by atoms with E-state index in [-0.39, 0.29) is 12.3 Å². The lowest BCUT2D eigenvalue weighted by Crippen LogP contribution is -2.49. The van der Waals surface area contributed by atoms with Gasteiger partial charge in [0.25, 0.3) is 5.91 Å². The molecule has 0 fully saturated rings. The van der Waals surface area contributed by atoms with E-state index in [0.717, 1.165) is 11.3 Å². The smallest absolute Gasteiger partial charge is 0.305 e. The monoisotopic (exact) mass is 343 g/mol. The Balaban J connectivity index is 2.18. The minimum Gasteiger partial charge on any atom is -0.481 e. The zero-order valence-corrected chi connectivity index (χ0v) is 15.0. The third-order valence-corrected chi connectivity index (χ3v) is 4.74. The van der Waals surface area contributed by atoms with Crippen molar-refractivity contribution in [2.45, 2.75) is 52.1 Å². The maximum atomic E-state index is 12.7. The van der Waals surface area contributed by atoms with Crippen molar-refractivity contribution in [3.8, 4) is 0 Å². The maximum absolute atomic E-state index is 12.7. The summed E-state index contributed by atoms with van der Waals surface area (Å²) in [5, 5.41) is 16.4. The summed E-state index contributed by atoms with van der Waals surface area (Å²) in [4.78, 5) is 23.8. The summed E-state index contributed by atoms with van der Waals surface area (Å²) in [6, 6.07) is 9.89. The van der Waals surface area contributed by atoms with E-state index in [1.54, 1.807) is 10.9 Å². The first-order valence-corrected chi connectivity index (χ1v) is 8.51. The predicted octanol–water partition coefficient (Wildman–Crippen LogP) is 3.00. The van der Waals surface area contributed by atoms with Crippen LogP contribution in [0.4, 0.5) is 0 Å². The van der Waals surface area contributed by atoms with Crippen molar-refractivity contribution >= 4 is 11.9 Å². The van der Waals surface area contributed by atoms with Crippen molar-refractivity contribution in [1.82, 2.24) is 15.1 Å². The summed E-state index contributed by atoms with van der Waals surface area (Å²) in [6.45, 7) is 6.21. The summed E-state index contributed by atoms with van der Waals surface area (Å²) in [5.41, 5.74) is 1.60. The quantitative estimate of drug-likeness (QED) is 0.772. The molecule has 6 nitrogen and oxygen atoms in total. The molecule has 0 saturated heterocycles. The second-order valence-electron chi connectivity index (χ2n) is 6.30. The van der Waals surface area contributed by atoms with Crippen LogP contribution in [0.15, 0.2) is 36.5 Å². The summed E-state index contributed by atoms with van der Waals surface area (Å²) in [5.74, 6) is -1.19. The number of nitrogens with zero attached hydrogens (tertiary/aromatic N) is 2. The van der Waals surface area contributed by atoms with Crippen LogP contribution in [-0.4, -0.2) is 32.3 Å². The van der Waals surface area contributed by atoms with Crippen molar-refractivity contribution in [2.75, 3.05) is 0 Å². The summed E-state index contributed by atoms with van der Waals surface area (Å²) < 4.78 is 1.78. The minimum atomic E-state index is -0.916. The van der Waals surface area contributed by atoms with Gasteiger partial charge >= 0.3 is 5.97 Å². The molecule has 0 aliphatic carbocycles.